The molecule has 0 atom stereocenters. The first-order chi connectivity index (χ1) is 13.7. The molecule has 29 heavy (non-hydrogen) atoms. The lowest BCUT2D eigenvalue weighted by molar-refractivity contribution is -0.115. The molecule has 1 amide bonds. The molecular formula is C19H19Cl2N5O3. The number of ether oxygens (including phenoxy) is 1. The lowest BCUT2D eigenvalue weighted by Crippen LogP contribution is -2.42. The van der Waals surface area contributed by atoms with Gasteiger partial charge in [-0.25, -0.2) is 10.1 Å². The van der Waals surface area contributed by atoms with Crippen LogP contribution >= 0.6 is 23.2 Å². The first-order valence-electron chi connectivity index (χ1n) is 8.84. The van der Waals surface area contributed by atoms with Crippen LogP contribution in [0, 0.1) is 0 Å². The fraction of sp³-hybridized carbons (Fsp3) is 0.263. The van der Waals surface area contributed by atoms with Crippen molar-refractivity contribution in [2.75, 3.05) is 6.54 Å². The van der Waals surface area contributed by atoms with E-state index in [1.165, 1.54) is 18.2 Å². The molecule has 3 rings (SSSR count). The first kappa shape index (κ1) is 20.9. The van der Waals surface area contributed by atoms with E-state index in [1.54, 1.807) is 5.01 Å². The standard InChI is InChI=1S/C19H19Cl2N5O3/c1-5-26-10(4)22-19(28)16(25-26)11-6-13(20)17(14(21)7-11)29-15-8-12(9(2)3)18(27)24-23-15/h6-9H,4-5H2,1-3H3,(H,22,28)(H,24,27). The first-order valence-corrected chi connectivity index (χ1v) is 9.60. The molecule has 0 saturated carbocycles. The average molecular weight is 436 g/mol. The van der Waals surface area contributed by atoms with Crippen LogP contribution in [0.5, 0.6) is 11.6 Å². The molecule has 0 bridgehead atoms. The molecule has 8 nitrogen and oxygen atoms in total. The maximum absolute atomic E-state index is 12.3. The van der Waals surface area contributed by atoms with Crippen LogP contribution in [0.2, 0.25) is 10.0 Å². The molecule has 0 aliphatic carbocycles. The quantitative estimate of drug-likeness (QED) is 0.746. The second-order valence-corrected chi connectivity index (χ2v) is 7.40. The molecule has 152 valence electrons. The monoisotopic (exact) mass is 435 g/mol. The summed E-state index contributed by atoms with van der Waals surface area (Å²) in [5.74, 6) is 0.260. The van der Waals surface area contributed by atoms with Gasteiger partial charge < -0.3 is 10.1 Å². The van der Waals surface area contributed by atoms with Crippen LogP contribution in [0.4, 0.5) is 0 Å². The molecule has 2 aromatic rings. The Morgan fingerprint density at radius 2 is 1.86 bits per heavy atom. The van der Waals surface area contributed by atoms with Gasteiger partial charge in [-0.1, -0.05) is 43.6 Å². The zero-order valence-corrected chi connectivity index (χ0v) is 17.6. The van der Waals surface area contributed by atoms with Crippen molar-refractivity contribution >= 4 is 34.8 Å². The third-order valence-electron chi connectivity index (χ3n) is 4.21. The predicted octanol–water partition coefficient (Wildman–Crippen LogP) is 3.62. The Labute approximate surface area is 177 Å². The fourth-order valence-corrected chi connectivity index (χ4v) is 3.28. The topological polar surface area (TPSA) is 99.7 Å². The number of hydrogen-bond donors (Lipinski definition) is 2. The number of carbonyl (C=O) groups excluding carboxylic acids is 1. The van der Waals surface area contributed by atoms with Gasteiger partial charge in [0, 0.05) is 23.7 Å². The highest BCUT2D eigenvalue weighted by Gasteiger charge is 2.25. The molecule has 0 saturated heterocycles. The third-order valence-corrected chi connectivity index (χ3v) is 4.78. The predicted molar refractivity (Wildman–Crippen MR) is 112 cm³/mol. The van der Waals surface area contributed by atoms with Gasteiger partial charge >= 0.3 is 0 Å². The van der Waals surface area contributed by atoms with E-state index in [4.69, 9.17) is 27.9 Å². The molecule has 0 unspecified atom stereocenters. The number of hydrazone groups is 1. The minimum absolute atomic E-state index is 0.0171. The van der Waals surface area contributed by atoms with Crippen molar-refractivity contribution in [1.29, 1.82) is 0 Å². The van der Waals surface area contributed by atoms with Crippen molar-refractivity contribution in [3.8, 4) is 11.6 Å². The van der Waals surface area contributed by atoms with Crippen LogP contribution in [-0.4, -0.2) is 33.4 Å². The number of benzene rings is 1. The van der Waals surface area contributed by atoms with E-state index in [1.807, 2.05) is 20.8 Å². The summed E-state index contributed by atoms with van der Waals surface area (Å²) in [5.41, 5.74) is 0.808. The summed E-state index contributed by atoms with van der Waals surface area (Å²) < 4.78 is 5.70. The number of H-pyrrole nitrogens is 1. The van der Waals surface area contributed by atoms with E-state index in [0.717, 1.165) is 0 Å². The fourth-order valence-electron chi connectivity index (χ4n) is 2.71. The Hall–Kier alpha value is -2.84. The van der Waals surface area contributed by atoms with Crippen LogP contribution < -0.4 is 15.6 Å². The molecule has 10 heteroatoms. The smallest absolute Gasteiger partial charge is 0.277 e. The highest BCUT2D eigenvalue weighted by Crippen LogP contribution is 2.37. The number of nitrogens with zero attached hydrogens (tertiary/aromatic N) is 3. The normalized spacial score (nSPS) is 14.1. The summed E-state index contributed by atoms with van der Waals surface area (Å²) in [6.45, 7) is 9.92. The number of hydrogen-bond acceptors (Lipinski definition) is 6. The maximum Gasteiger partial charge on any atom is 0.277 e. The van der Waals surface area contributed by atoms with Gasteiger partial charge in [0.05, 0.1) is 10.0 Å². The number of aromatic amines is 1. The van der Waals surface area contributed by atoms with Crippen molar-refractivity contribution in [3.63, 3.8) is 0 Å². The number of nitrogens with one attached hydrogen (secondary N) is 2. The van der Waals surface area contributed by atoms with Gasteiger partial charge in [-0.2, -0.15) is 5.10 Å². The second kappa shape index (κ2) is 8.26. The van der Waals surface area contributed by atoms with Crippen LogP contribution in [0.3, 0.4) is 0 Å². The van der Waals surface area contributed by atoms with E-state index >= 15 is 0 Å². The molecule has 1 aromatic carbocycles. The van der Waals surface area contributed by atoms with Gasteiger partial charge in [-0.3, -0.25) is 9.59 Å². The number of carbonyl (C=O) groups is 1. The van der Waals surface area contributed by atoms with Gasteiger partial charge in [0.25, 0.3) is 11.5 Å². The summed E-state index contributed by atoms with van der Waals surface area (Å²) in [6.07, 6.45) is 0. The minimum Gasteiger partial charge on any atom is -0.434 e. The average Bonchev–Trinajstić information content (AvgIpc) is 2.65. The van der Waals surface area contributed by atoms with Gasteiger partial charge in [-0.15, -0.1) is 5.10 Å². The maximum atomic E-state index is 12.3. The van der Waals surface area contributed by atoms with E-state index in [0.29, 0.717) is 23.5 Å². The Kier molecular flexibility index (Phi) is 5.95. The summed E-state index contributed by atoms with van der Waals surface area (Å²) in [5, 5.41) is 15.1. The Morgan fingerprint density at radius 3 is 2.45 bits per heavy atom. The Morgan fingerprint density at radius 1 is 1.21 bits per heavy atom. The molecule has 1 aliphatic heterocycles. The summed E-state index contributed by atoms with van der Waals surface area (Å²) in [4.78, 5) is 24.1. The summed E-state index contributed by atoms with van der Waals surface area (Å²) in [7, 11) is 0. The van der Waals surface area contributed by atoms with Gasteiger partial charge in [-0.05, 0) is 25.0 Å². The third kappa shape index (κ3) is 4.28. The number of amides is 1. The number of rotatable bonds is 5. The second-order valence-electron chi connectivity index (χ2n) is 6.58. The largest absolute Gasteiger partial charge is 0.434 e. The van der Waals surface area contributed by atoms with Crippen LogP contribution in [0.25, 0.3) is 0 Å². The molecule has 0 radical (unpaired) electrons. The van der Waals surface area contributed by atoms with E-state index < -0.39 is 5.91 Å². The number of halogens is 2. The van der Waals surface area contributed by atoms with E-state index in [9.17, 15) is 9.59 Å². The highest BCUT2D eigenvalue weighted by molar-refractivity contribution is 6.47. The van der Waals surface area contributed by atoms with Crippen LogP contribution in [-0.2, 0) is 4.79 Å². The minimum atomic E-state index is -0.413. The lowest BCUT2D eigenvalue weighted by Gasteiger charge is -2.26. The molecule has 1 aliphatic rings. The zero-order valence-electron chi connectivity index (χ0n) is 16.0. The molecule has 1 aromatic heterocycles. The number of aromatic nitrogens is 2. The molecular weight excluding hydrogens is 417 g/mol. The Bertz CT molecular complexity index is 1050. The zero-order chi connectivity index (χ0) is 21.3. The Balaban J connectivity index is 1.97. The van der Waals surface area contributed by atoms with Crippen molar-refractivity contribution in [3.05, 3.63) is 62.1 Å². The molecule has 2 N–H and O–H groups in total. The van der Waals surface area contributed by atoms with Crippen molar-refractivity contribution in [2.45, 2.75) is 26.7 Å². The highest BCUT2D eigenvalue weighted by atomic mass is 35.5. The van der Waals surface area contributed by atoms with Gasteiger partial charge in [0.2, 0.25) is 5.88 Å². The van der Waals surface area contributed by atoms with Crippen LogP contribution in [0.1, 0.15) is 37.8 Å². The van der Waals surface area contributed by atoms with Gasteiger partial charge in [0.15, 0.2) is 11.5 Å². The SMILES string of the molecule is C=C1NC(=O)C(c2cc(Cl)c(Oc3cc(C(C)C)c(=O)[nH]n3)c(Cl)c2)=NN1CC. The summed E-state index contributed by atoms with van der Waals surface area (Å²) in [6, 6.07) is 4.59. The molecule has 0 fully saturated rings. The van der Waals surface area contributed by atoms with E-state index in [-0.39, 0.29) is 38.9 Å². The van der Waals surface area contributed by atoms with Crippen molar-refractivity contribution in [1.82, 2.24) is 20.5 Å². The van der Waals surface area contributed by atoms with Crippen LogP contribution in [0.15, 0.2) is 40.5 Å². The van der Waals surface area contributed by atoms with Gasteiger partial charge in [0.1, 0.15) is 5.82 Å². The summed E-state index contributed by atoms with van der Waals surface area (Å²) >= 11 is 12.7. The van der Waals surface area contributed by atoms with Crippen molar-refractivity contribution < 1.29 is 9.53 Å². The lowest BCUT2D eigenvalue weighted by atomic mass is 10.1. The molecule has 2 heterocycles. The van der Waals surface area contributed by atoms with E-state index in [2.05, 4.69) is 27.2 Å². The molecule has 0 spiro atoms. The van der Waals surface area contributed by atoms with Crippen molar-refractivity contribution in [2.24, 2.45) is 5.10 Å².